The second kappa shape index (κ2) is 6.97. The molecule has 0 unspecified atom stereocenters. The van der Waals surface area contributed by atoms with Crippen LogP contribution in [0, 0.1) is 0 Å². The molecule has 5 heteroatoms. The highest BCUT2D eigenvalue weighted by atomic mass is 79.9. The van der Waals surface area contributed by atoms with Gasteiger partial charge in [0.05, 0.1) is 0 Å². The molecule has 0 radical (unpaired) electrons. The fourth-order valence-electron chi connectivity index (χ4n) is 1.58. The number of rotatable bonds is 6. The Bertz CT molecular complexity index is 485. The van der Waals surface area contributed by atoms with E-state index in [0.717, 1.165) is 29.1 Å². The Morgan fingerprint density at radius 1 is 1.44 bits per heavy atom. The number of hydrogen-bond donors (Lipinski definition) is 2. The Balaban J connectivity index is 2.12. The number of hydrogen-bond acceptors (Lipinski definition) is 3. The third-order valence-corrected chi connectivity index (χ3v) is 3.96. The standard InChI is InChI=1S/C13H16BrN3S/c1-2-5-15-9-10-3-4-11(14)8-12(10)18-13-16-6-7-17-13/h3-4,6-8,15H,2,5,9H2,1H3,(H,16,17). The third kappa shape index (κ3) is 3.86. The number of aromatic nitrogens is 2. The van der Waals surface area contributed by atoms with E-state index in [2.05, 4.69) is 56.3 Å². The number of benzene rings is 1. The lowest BCUT2D eigenvalue weighted by Gasteiger charge is -2.09. The van der Waals surface area contributed by atoms with Crippen LogP contribution in [-0.4, -0.2) is 16.5 Å². The fourth-order valence-corrected chi connectivity index (χ4v) is 3.00. The maximum absolute atomic E-state index is 4.25. The summed E-state index contributed by atoms with van der Waals surface area (Å²) in [4.78, 5) is 8.59. The highest BCUT2D eigenvalue weighted by Crippen LogP contribution is 2.30. The summed E-state index contributed by atoms with van der Waals surface area (Å²) < 4.78 is 1.09. The van der Waals surface area contributed by atoms with Gasteiger partial charge in [0.1, 0.15) is 0 Å². The van der Waals surface area contributed by atoms with Gasteiger partial charge in [0.15, 0.2) is 5.16 Å². The summed E-state index contributed by atoms with van der Waals surface area (Å²) in [5.74, 6) is 0. The summed E-state index contributed by atoms with van der Waals surface area (Å²) in [6, 6.07) is 6.36. The van der Waals surface area contributed by atoms with Gasteiger partial charge in [0.2, 0.25) is 0 Å². The number of nitrogens with one attached hydrogen (secondary N) is 2. The van der Waals surface area contributed by atoms with E-state index < -0.39 is 0 Å². The van der Waals surface area contributed by atoms with Gasteiger partial charge in [0.25, 0.3) is 0 Å². The van der Waals surface area contributed by atoms with Crippen LogP contribution in [0.25, 0.3) is 0 Å². The van der Waals surface area contributed by atoms with Gasteiger partial charge in [-0.15, -0.1) is 0 Å². The lowest BCUT2D eigenvalue weighted by molar-refractivity contribution is 0.669. The summed E-state index contributed by atoms with van der Waals surface area (Å²) in [6.45, 7) is 4.11. The van der Waals surface area contributed by atoms with E-state index in [-0.39, 0.29) is 0 Å². The number of halogens is 1. The van der Waals surface area contributed by atoms with Crippen molar-refractivity contribution < 1.29 is 0 Å². The number of imidazole rings is 1. The molecule has 3 nitrogen and oxygen atoms in total. The maximum atomic E-state index is 4.25. The Morgan fingerprint density at radius 3 is 3.06 bits per heavy atom. The minimum atomic E-state index is 0.893. The van der Waals surface area contributed by atoms with Crippen molar-refractivity contribution in [2.45, 2.75) is 29.9 Å². The zero-order chi connectivity index (χ0) is 12.8. The molecule has 0 aliphatic heterocycles. The lowest BCUT2D eigenvalue weighted by atomic mass is 10.2. The topological polar surface area (TPSA) is 40.7 Å². The average Bonchev–Trinajstić information content (AvgIpc) is 2.85. The largest absolute Gasteiger partial charge is 0.339 e. The van der Waals surface area contributed by atoms with E-state index in [1.165, 1.54) is 10.5 Å². The van der Waals surface area contributed by atoms with Crippen LogP contribution in [0.1, 0.15) is 18.9 Å². The molecule has 0 bridgehead atoms. The first-order valence-corrected chi connectivity index (χ1v) is 7.57. The summed E-state index contributed by atoms with van der Waals surface area (Å²) in [6.07, 6.45) is 4.77. The average molecular weight is 326 g/mol. The minimum absolute atomic E-state index is 0.893. The van der Waals surface area contributed by atoms with Crippen molar-refractivity contribution in [2.75, 3.05) is 6.54 Å². The van der Waals surface area contributed by atoms with Crippen LogP contribution in [0.2, 0.25) is 0 Å². The summed E-state index contributed by atoms with van der Waals surface area (Å²) in [5, 5.41) is 4.35. The number of aromatic amines is 1. The molecular formula is C13H16BrN3S. The minimum Gasteiger partial charge on any atom is -0.339 e. The molecule has 2 aromatic rings. The second-order valence-electron chi connectivity index (χ2n) is 3.93. The molecule has 0 atom stereocenters. The Kier molecular flexibility index (Phi) is 5.28. The van der Waals surface area contributed by atoms with Gasteiger partial charge < -0.3 is 10.3 Å². The molecule has 0 aliphatic rings. The lowest BCUT2D eigenvalue weighted by Crippen LogP contribution is -2.14. The van der Waals surface area contributed by atoms with Gasteiger partial charge in [-0.1, -0.05) is 40.7 Å². The van der Waals surface area contributed by atoms with Crippen LogP contribution in [0.3, 0.4) is 0 Å². The fraction of sp³-hybridized carbons (Fsp3) is 0.308. The molecule has 18 heavy (non-hydrogen) atoms. The Hall–Kier alpha value is -0.780. The number of H-pyrrole nitrogens is 1. The molecule has 0 saturated carbocycles. The normalized spacial score (nSPS) is 10.8. The molecule has 0 spiro atoms. The molecule has 0 saturated heterocycles. The zero-order valence-electron chi connectivity index (χ0n) is 10.2. The van der Waals surface area contributed by atoms with Gasteiger partial charge in [-0.25, -0.2) is 4.98 Å². The smallest absolute Gasteiger partial charge is 0.170 e. The summed E-state index contributed by atoms with van der Waals surface area (Å²) in [5.41, 5.74) is 1.30. The van der Waals surface area contributed by atoms with E-state index in [1.807, 2.05) is 6.20 Å². The first kappa shape index (κ1) is 13.6. The van der Waals surface area contributed by atoms with Crippen LogP contribution in [0.4, 0.5) is 0 Å². The quantitative estimate of drug-likeness (QED) is 0.793. The predicted molar refractivity (Wildman–Crippen MR) is 78.9 cm³/mol. The van der Waals surface area contributed by atoms with Crippen molar-refractivity contribution >= 4 is 27.7 Å². The van der Waals surface area contributed by atoms with Crippen LogP contribution in [0.5, 0.6) is 0 Å². The summed E-state index contributed by atoms with van der Waals surface area (Å²) in [7, 11) is 0. The van der Waals surface area contributed by atoms with Crippen molar-refractivity contribution in [2.24, 2.45) is 0 Å². The molecule has 1 aromatic carbocycles. The molecule has 2 N–H and O–H groups in total. The van der Waals surface area contributed by atoms with Gasteiger partial charge in [-0.3, -0.25) is 0 Å². The van der Waals surface area contributed by atoms with Gasteiger partial charge in [0, 0.05) is 28.3 Å². The first-order chi connectivity index (χ1) is 8.79. The highest BCUT2D eigenvalue weighted by Gasteiger charge is 2.06. The molecule has 0 amide bonds. The monoisotopic (exact) mass is 325 g/mol. The van der Waals surface area contributed by atoms with Gasteiger partial charge in [-0.05, 0) is 30.7 Å². The molecule has 96 valence electrons. The van der Waals surface area contributed by atoms with Crippen molar-refractivity contribution in [3.8, 4) is 0 Å². The van der Waals surface area contributed by atoms with Gasteiger partial charge in [-0.2, -0.15) is 0 Å². The van der Waals surface area contributed by atoms with Crippen LogP contribution in [-0.2, 0) is 6.54 Å². The number of nitrogens with zero attached hydrogens (tertiary/aromatic N) is 1. The van der Waals surface area contributed by atoms with Crippen molar-refractivity contribution in [1.29, 1.82) is 0 Å². The van der Waals surface area contributed by atoms with Crippen molar-refractivity contribution in [3.05, 3.63) is 40.6 Å². The van der Waals surface area contributed by atoms with Crippen molar-refractivity contribution in [3.63, 3.8) is 0 Å². The Morgan fingerprint density at radius 2 is 2.33 bits per heavy atom. The Labute approximate surface area is 120 Å². The molecule has 2 rings (SSSR count). The zero-order valence-corrected chi connectivity index (χ0v) is 12.6. The molecule has 0 aliphatic carbocycles. The molecule has 1 heterocycles. The van der Waals surface area contributed by atoms with E-state index in [1.54, 1.807) is 18.0 Å². The van der Waals surface area contributed by atoms with E-state index in [9.17, 15) is 0 Å². The second-order valence-corrected chi connectivity index (χ2v) is 5.87. The van der Waals surface area contributed by atoms with E-state index in [0.29, 0.717) is 0 Å². The molecule has 1 aromatic heterocycles. The van der Waals surface area contributed by atoms with E-state index in [4.69, 9.17) is 0 Å². The molecular weight excluding hydrogens is 310 g/mol. The molecule has 0 fully saturated rings. The van der Waals surface area contributed by atoms with Crippen LogP contribution < -0.4 is 5.32 Å². The first-order valence-electron chi connectivity index (χ1n) is 5.96. The van der Waals surface area contributed by atoms with Gasteiger partial charge >= 0.3 is 0 Å². The third-order valence-electron chi connectivity index (χ3n) is 2.45. The van der Waals surface area contributed by atoms with Crippen LogP contribution in [0.15, 0.2) is 45.1 Å². The maximum Gasteiger partial charge on any atom is 0.170 e. The highest BCUT2D eigenvalue weighted by molar-refractivity contribution is 9.10. The SMILES string of the molecule is CCCNCc1ccc(Br)cc1Sc1ncc[nH]1. The van der Waals surface area contributed by atoms with E-state index >= 15 is 0 Å². The van der Waals surface area contributed by atoms with Crippen molar-refractivity contribution in [1.82, 2.24) is 15.3 Å². The predicted octanol–water partition coefficient (Wildman–Crippen LogP) is 3.82. The summed E-state index contributed by atoms with van der Waals surface area (Å²) >= 11 is 5.17. The van der Waals surface area contributed by atoms with Crippen LogP contribution >= 0.6 is 27.7 Å².